The van der Waals surface area contributed by atoms with E-state index in [1.54, 1.807) is 24.3 Å². The summed E-state index contributed by atoms with van der Waals surface area (Å²) in [5.41, 5.74) is 0.619. The lowest BCUT2D eigenvalue weighted by Crippen LogP contribution is -2.36. The van der Waals surface area contributed by atoms with E-state index in [0.717, 1.165) is 6.26 Å². The van der Waals surface area contributed by atoms with Crippen molar-refractivity contribution in [2.45, 2.75) is 6.42 Å². The van der Waals surface area contributed by atoms with E-state index in [1.807, 2.05) is 4.72 Å². The highest BCUT2D eigenvalue weighted by Gasteiger charge is 2.36. The molecule has 0 saturated carbocycles. The Morgan fingerprint density at radius 1 is 1.43 bits per heavy atom. The maximum atomic E-state index is 12.0. The number of carbonyl (C=O) groups is 2. The third kappa shape index (κ3) is 3.72. The molecule has 0 radical (unpaired) electrons. The summed E-state index contributed by atoms with van der Waals surface area (Å²) in [5.74, 6) is -0.962. The minimum Gasteiger partial charge on any atom is -0.497 e. The molecule has 8 heteroatoms. The first-order valence-electron chi connectivity index (χ1n) is 6.26. The molecule has 1 N–H and O–H groups in total. The first-order chi connectivity index (χ1) is 9.80. The van der Waals surface area contributed by atoms with Crippen LogP contribution in [0.3, 0.4) is 0 Å². The zero-order valence-electron chi connectivity index (χ0n) is 11.7. The van der Waals surface area contributed by atoms with Crippen molar-refractivity contribution in [2.24, 2.45) is 5.92 Å². The van der Waals surface area contributed by atoms with Crippen LogP contribution in [0.4, 0.5) is 5.69 Å². The predicted molar refractivity (Wildman–Crippen MR) is 76.4 cm³/mol. The van der Waals surface area contributed by atoms with Crippen LogP contribution in [0.25, 0.3) is 0 Å². The molecule has 1 aliphatic heterocycles. The molecule has 1 atom stereocenters. The van der Waals surface area contributed by atoms with Gasteiger partial charge < -0.3 is 9.64 Å². The van der Waals surface area contributed by atoms with Gasteiger partial charge in [0.2, 0.25) is 21.8 Å². The van der Waals surface area contributed by atoms with Crippen molar-refractivity contribution >= 4 is 27.5 Å². The molecule has 2 amide bonds. The van der Waals surface area contributed by atoms with E-state index >= 15 is 0 Å². The number of anilines is 1. The van der Waals surface area contributed by atoms with Crippen LogP contribution >= 0.6 is 0 Å². The van der Waals surface area contributed by atoms with Crippen molar-refractivity contribution in [1.82, 2.24) is 4.72 Å². The Bertz CT molecular complexity index is 671. The number of hydrogen-bond acceptors (Lipinski definition) is 5. The van der Waals surface area contributed by atoms with Crippen molar-refractivity contribution in [1.29, 1.82) is 0 Å². The smallest absolute Gasteiger partial charge is 0.238 e. The first kappa shape index (κ1) is 15.3. The van der Waals surface area contributed by atoms with Crippen LogP contribution in [0, 0.1) is 5.92 Å². The van der Waals surface area contributed by atoms with Crippen LogP contribution in [-0.4, -0.2) is 40.1 Å². The van der Waals surface area contributed by atoms with Crippen LogP contribution < -0.4 is 14.4 Å². The predicted octanol–water partition coefficient (Wildman–Crippen LogP) is 0.124. The van der Waals surface area contributed by atoms with Gasteiger partial charge in [0.1, 0.15) is 5.75 Å². The molecular weight excluding hydrogens is 296 g/mol. The zero-order valence-corrected chi connectivity index (χ0v) is 12.5. The number of hydrogen-bond donors (Lipinski definition) is 1. The average molecular weight is 312 g/mol. The molecule has 0 spiro atoms. The summed E-state index contributed by atoms with van der Waals surface area (Å²) >= 11 is 0. The highest BCUT2D eigenvalue weighted by atomic mass is 32.2. The van der Waals surface area contributed by atoms with Gasteiger partial charge in [0.25, 0.3) is 0 Å². The number of amides is 2. The van der Waals surface area contributed by atoms with Crippen molar-refractivity contribution in [3.8, 4) is 5.75 Å². The fourth-order valence-corrected chi connectivity index (χ4v) is 2.71. The molecule has 1 aromatic rings. The number of carbonyl (C=O) groups excluding carboxylic acids is 2. The molecule has 1 aliphatic rings. The van der Waals surface area contributed by atoms with Crippen molar-refractivity contribution < 1.29 is 22.7 Å². The second-order valence-corrected chi connectivity index (χ2v) is 6.59. The summed E-state index contributed by atoms with van der Waals surface area (Å²) in [6.45, 7) is 0.146. The van der Waals surface area contributed by atoms with Gasteiger partial charge in [-0.05, 0) is 12.1 Å². The molecule has 1 saturated heterocycles. The molecule has 1 heterocycles. The number of sulfonamides is 1. The second-order valence-electron chi connectivity index (χ2n) is 4.85. The second kappa shape index (κ2) is 5.72. The van der Waals surface area contributed by atoms with Crippen LogP contribution in [0.5, 0.6) is 5.75 Å². The van der Waals surface area contributed by atoms with E-state index in [0.29, 0.717) is 11.4 Å². The van der Waals surface area contributed by atoms with E-state index in [1.165, 1.54) is 12.0 Å². The normalized spacial score (nSPS) is 18.7. The van der Waals surface area contributed by atoms with Crippen molar-refractivity contribution in [3.63, 3.8) is 0 Å². The standard InChI is InChI=1S/C13H16N2O5S/c1-20-11-5-3-4-10(7-11)15-8-9(6-12(15)16)13(17)14-21(2,18)19/h3-5,7,9H,6,8H2,1-2H3,(H,14,17)/t9-/m1/s1. The third-order valence-corrected chi connectivity index (χ3v) is 3.72. The largest absolute Gasteiger partial charge is 0.497 e. The highest BCUT2D eigenvalue weighted by Crippen LogP contribution is 2.27. The van der Waals surface area contributed by atoms with Gasteiger partial charge >= 0.3 is 0 Å². The molecule has 0 unspecified atom stereocenters. The molecule has 7 nitrogen and oxygen atoms in total. The average Bonchev–Trinajstić information content (AvgIpc) is 2.79. The summed E-state index contributed by atoms with van der Waals surface area (Å²) in [5, 5.41) is 0. The van der Waals surface area contributed by atoms with Crippen LogP contribution in [-0.2, 0) is 19.6 Å². The Morgan fingerprint density at radius 3 is 2.76 bits per heavy atom. The maximum Gasteiger partial charge on any atom is 0.238 e. The lowest BCUT2D eigenvalue weighted by Gasteiger charge is -2.17. The monoisotopic (exact) mass is 312 g/mol. The molecule has 2 rings (SSSR count). The lowest BCUT2D eigenvalue weighted by molar-refractivity contribution is -0.124. The molecule has 1 aromatic carbocycles. The maximum absolute atomic E-state index is 12.0. The van der Waals surface area contributed by atoms with Crippen LogP contribution in [0.1, 0.15) is 6.42 Å². The van der Waals surface area contributed by atoms with Crippen molar-refractivity contribution in [2.75, 3.05) is 24.8 Å². The van der Waals surface area contributed by atoms with E-state index < -0.39 is 21.8 Å². The SMILES string of the molecule is COc1cccc(N2C[C@H](C(=O)NS(C)(=O)=O)CC2=O)c1. The van der Waals surface area contributed by atoms with E-state index in [-0.39, 0.29) is 18.9 Å². The Hall–Kier alpha value is -2.09. The summed E-state index contributed by atoms with van der Waals surface area (Å²) in [7, 11) is -2.10. The van der Waals surface area contributed by atoms with Crippen molar-refractivity contribution in [3.05, 3.63) is 24.3 Å². The molecule has 21 heavy (non-hydrogen) atoms. The van der Waals surface area contributed by atoms with Gasteiger partial charge in [0.15, 0.2) is 0 Å². The number of benzene rings is 1. The summed E-state index contributed by atoms with van der Waals surface area (Å²) < 4.78 is 29.1. The first-order valence-corrected chi connectivity index (χ1v) is 8.15. The van der Waals surface area contributed by atoms with Gasteiger partial charge in [-0.1, -0.05) is 6.07 Å². The summed E-state index contributed by atoms with van der Waals surface area (Å²) in [4.78, 5) is 25.3. The van der Waals surface area contributed by atoms with Crippen LogP contribution in [0.2, 0.25) is 0 Å². The Morgan fingerprint density at radius 2 is 2.14 bits per heavy atom. The van der Waals surface area contributed by atoms with E-state index in [4.69, 9.17) is 4.74 Å². The molecule has 0 aliphatic carbocycles. The zero-order chi connectivity index (χ0) is 15.6. The van der Waals surface area contributed by atoms with Gasteiger partial charge in [0.05, 0.1) is 19.3 Å². The quantitative estimate of drug-likeness (QED) is 0.852. The number of methoxy groups -OCH3 is 1. The minimum atomic E-state index is -3.62. The van der Waals surface area contributed by atoms with Gasteiger partial charge in [-0.3, -0.25) is 14.3 Å². The van der Waals surface area contributed by atoms with Gasteiger partial charge in [-0.2, -0.15) is 0 Å². The number of nitrogens with zero attached hydrogens (tertiary/aromatic N) is 1. The fraction of sp³-hybridized carbons (Fsp3) is 0.385. The number of nitrogens with one attached hydrogen (secondary N) is 1. The Balaban J connectivity index is 2.14. The van der Waals surface area contributed by atoms with Crippen LogP contribution in [0.15, 0.2) is 24.3 Å². The third-order valence-electron chi connectivity index (χ3n) is 3.15. The Kier molecular flexibility index (Phi) is 4.17. The fourth-order valence-electron chi connectivity index (χ4n) is 2.18. The Labute approximate surface area is 122 Å². The molecule has 114 valence electrons. The topological polar surface area (TPSA) is 92.8 Å². The summed E-state index contributed by atoms with van der Waals surface area (Å²) in [6, 6.07) is 6.91. The van der Waals surface area contributed by atoms with E-state index in [2.05, 4.69) is 0 Å². The lowest BCUT2D eigenvalue weighted by atomic mass is 10.1. The molecule has 1 fully saturated rings. The molecule has 0 aromatic heterocycles. The van der Waals surface area contributed by atoms with Gasteiger partial charge in [0, 0.05) is 24.7 Å². The number of rotatable bonds is 4. The highest BCUT2D eigenvalue weighted by molar-refractivity contribution is 7.89. The van der Waals surface area contributed by atoms with Gasteiger partial charge in [-0.25, -0.2) is 8.42 Å². The number of ether oxygens (including phenoxy) is 1. The minimum absolute atomic E-state index is 0.0153. The van der Waals surface area contributed by atoms with Gasteiger partial charge in [-0.15, -0.1) is 0 Å². The molecule has 0 bridgehead atoms. The van der Waals surface area contributed by atoms with E-state index in [9.17, 15) is 18.0 Å². The summed E-state index contributed by atoms with van der Waals surface area (Å²) in [6.07, 6.45) is 0.889. The molecular formula is C13H16N2O5S.